The van der Waals surface area contributed by atoms with Crippen LogP contribution < -0.4 is 16.6 Å². The first kappa shape index (κ1) is 12.3. The third kappa shape index (κ3) is 3.44. The molecule has 5 N–H and O–H groups in total. The molecular weight excluding hydrogens is 228 g/mol. The zero-order valence-corrected chi connectivity index (χ0v) is 9.63. The van der Waals surface area contributed by atoms with Crippen molar-refractivity contribution in [1.82, 2.24) is 15.7 Å². The van der Waals surface area contributed by atoms with Crippen molar-refractivity contribution in [2.45, 2.75) is 6.54 Å². The number of carbonyl (C=O) groups excluding carboxylic acids is 1. The average molecular weight is 241 g/mol. The molecule has 0 aliphatic rings. The Morgan fingerprint density at radius 1 is 1.69 bits per heavy atom. The standard InChI is InChI=1S/C9H12N4O2S/c1-15-8(14)6-2-3-11-7(4-6)5-12-9(16)13-10/h2-4H,5,10H2,1H3,(H2,12,13,16)/p+1. The Morgan fingerprint density at radius 2 is 2.44 bits per heavy atom. The number of esters is 1. The minimum atomic E-state index is -0.387. The maximum Gasteiger partial charge on any atom is 0.337 e. The SMILES string of the molecule is COC(=O)c1ccnc(CNC(=S)N[NH3+])c1. The van der Waals surface area contributed by atoms with Gasteiger partial charge in [-0.3, -0.25) is 10.8 Å². The number of nitrogens with zero attached hydrogens (tertiary/aromatic N) is 1. The molecule has 1 aromatic heterocycles. The number of thiocarbonyl (C=S) groups is 1. The Bertz CT molecular complexity index is 397. The predicted octanol–water partition coefficient (Wildman–Crippen LogP) is -1.01. The van der Waals surface area contributed by atoms with E-state index in [0.29, 0.717) is 22.9 Å². The molecule has 0 saturated carbocycles. The number of hydrogen-bond acceptors (Lipinski definition) is 4. The second-order valence-electron chi connectivity index (χ2n) is 2.89. The van der Waals surface area contributed by atoms with E-state index in [1.54, 1.807) is 18.3 Å². The number of hydrogen-bond donors (Lipinski definition) is 3. The number of nitrogens with one attached hydrogen (secondary N) is 2. The molecule has 0 aromatic carbocycles. The maximum absolute atomic E-state index is 11.2. The highest BCUT2D eigenvalue weighted by atomic mass is 32.1. The van der Waals surface area contributed by atoms with Gasteiger partial charge in [0.15, 0.2) is 0 Å². The monoisotopic (exact) mass is 241 g/mol. The fourth-order valence-corrected chi connectivity index (χ4v) is 1.13. The molecular formula is C9H13N4O2S+. The zero-order chi connectivity index (χ0) is 12.0. The van der Waals surface area contributed by atoms with Gasteiger partial charge >= 0.3 is 5.97 Å². The summed E-state index contributed by atoms with van der Waals surface area (Å²) in [6.45, 7) is 0.423. The first-order chi connectivity index (χ1) is 7.67. The fraction of sp³-hybridized carbons (Fsp3) is 0.222. The molecule has 0 radical (unpaired) electrons. The normalized spacial score (nSPS) is 9.38. The summed E-state index contributed by atoms with van der Waals surface area (Å²) in [6, 6.07) is 3.23. The van der Waals surface area contributed by atoms with E-state index in [4.69, 9.17) is 12.2 Å². The number of pyridine rings is 1. The minimum Gasteiger partial charge on any atom is -0.465 e. The summed E-state index contributed by atoms with van der Waals surface area (Å²) >= 11 is 4.86. The van der Waals surface area contributed by atoms with Gasteiger partial charge < -0.3 is 10.1 Å². The first-order valence-corrected chi connectivity index (χ1v) is 4.92. The van der Waals surface area contributed by atoms with Crippen molar-refractivity contribution in [3.8, 4) is 0 Å². The van der Waals surface area contributed by atoms with Crippen LogP contribution in [0.2, 0.25) is 0 Å². The highest BCUT2D eigenvalue weighted by Crippen LogP contribution is 2.03. The van der Waals surface area contributed by atoms with Crippen LogP contribution >= 0.6 is 12.2 Å². The molecule has 16 heavy (non-hydrogen) atoms. The van der Waals surface area contributed by atoms with Crippen molar-refractivity contribution in [2.75, 3.05) is 7.11 Å². The van der Waals surface area contributed by atoms with Crippen LogP contribution in [-0.4, -0.2) is 23.2 Å². The van der Waals surface area contributed by atoms with Crippen LogP contribution in [0.5, 0.6) is 0 Å². The molecule has 1 rings (SSSR count). The van der Waals surface area contributed by atoms with E-state index < -0.39 is 0 Å². The van der Waals surface area contributed by atoms with Gasteiger partial charge in [0, 0.05) is 6.20 Å². The van der Waals surface area contributed by atoms with E-state index in [9.17, 15) is 4.79 Å². The third-order valence-electron chi connectivity index (χ3n) is 1.83. The lowest BCUT2D eigenvalue weighted by Gasteiger charge is -2.05. The van der Waals surface area contributed by atoms with E-state index in [0.717, 1.165) is 0 Å². The van der Waals surface area contributed by atoms with Crippen LogP contribution in [-0.2, 0) is 11.3 Å². The molecule has 0 aliphatic carbocycles. The number of methoxy groups -OCH3 is 1. The van der Waals surface area contributed by atoms with Crippen LogP contribution in [0.4, 0.5) is 0 Å². The predicted molar refractivity (Wildman–Crippen MR) is 61.0 cm³/mol. The summed E-state index contributed by atoms with van der Waals surface area (Å²) in [5, 5.41) is 3.30. The van der Waals surface area contributed by atoms with Crippen molar-refractivity contribution in [1.29, 1.82) is 0 Å². The summed E-state index contributed by atoms with van der Waals surface area (Å²) in [5.74, 6) is 3.02. The Hall–Kier alpha value is -1.73. The molecule has 7 heteroatoms. The molecule has 0 aliphatic heterocycles. The van der Waals surface area contributed by atoms with Crippen molar-refractivity contribution in [3.63, 3.8) is 0 Å². The Balaban J connectivity index is 2.67. The topological polar surface area (TPSA) is 90.9 Å². The van der Waals surface area contributed by atoms with E-state index in [-0.39, 0.29) is 5.97 Å². The van der Waals surface area contributed by atoms with Crippen molar-refractivity contribution in [3.05, 3.63) is 29.6 Å². The second kappa shape index (κ2) is 5.99. The molecule has 86 valence electrons. The van der Waals surface area contributed by atoms with E-state index in [1.165, 1.54) is 7.11 Å². The second-order valence-corrected chi connectivity index (χ2v) is 3.30. The summed E-state index contributed by atoms with van der Waals surface area (Å²) in [4.78, 5) is 15.3. The smallest absolute Gasteiger partial charge is 0.337 e. The van der Waals surface area contributed by atoms with Crippen molar-refractivity contribution >= 4 is 23.3 Å². The van der Waals surface area contributed by atoms with Crippen LogP contribution in [0.1, 0.15) is 16.1 Å². The van der Waals surface area contributed by atoms with Gasteiger partial charge in [0.2, 0.25) is 5.11 Å². The molecule has 0 bridgehead atoms. The van der Waals surface area contributed by atoms with Gasteiger partial charge in [-0.1, -0.05) is 0 Å². The van der Waals surface area contributed by atoms with Crippen LogP contribution in [0.25, 0.3) is 0 Å². The molecule has 0 atom stereocenters. The summed E-state index contributed by atoms with van der Waals surface area (Å²) in [6.07, 6.45) is 1.55. The maximum atomic E-state index is 11.2. The molecule has 6 nitrogen and oxygen atoms in total. The zero-order valence-electron chi connectivity index (χ0n) is 8.82. The Labute approximate surface area is 98.2 Å². The first-order valence-electron chi connectivity index (χ1n) is 4.51. The molecule has 0 spiro atoms. The number of ether oxygens (including phenoxy) is 1. The summed E-state index contributed by atoms with van der Waals surface area (Å²) in [7, 11) is 1.34. The van der Waals surface area contributed by atoms with Gasteiger partial charge in [-0.2, -0.15) is 0 Å². The van der Waals surface area contributed by atoms with Gasteiger partial charge in [0.05, 0.1) is 24.9 Å². The molecule has 0 fully saturated rings. The molecule has 0 unspecified atom stereocenters. The van der Waals surface area contributed by atoms with Crippen LogP contribution in [0, 0.1) is 0 Å². The number of quaternary nitrogens is 1. The minimum absolute atomic E-state index is 0.387. The van der Waals surface area contributed by atoms with E-state index in [2.05, 4.69) is 26.3 Å². The summed E-state index contributed by atoms with van der Waals surface area (Å²) in [5.41, 5.74) is 3.69. The van der Waals surface area contributed by atoms with Crippen LogP contribution in [0.15, 0.2) is 18.3 Å². The van der Waals surface area contributed by atoms with Crippen molar-refractivity contribution < 1.29 is 15.4 Å². The number of carbonyl (C=O) groups is 1. The molecule has 1 heterocycles. The highest BCUT2D eigenvalue weighted by molar-refractivity contribution is 7.80. The lowest BCUT2D eigenvalue weighted by Crippen LogP contribution is -2.69. The van der Waals surface area contributed by atoms with Gasteiger partial charge in [-0.25, -0.2) is 10.2 Å². The average Bonchev–Trinajstić information content (AvgIpc) is 2.35. The molecule has 1 aromatic rings. The fourth-order valence-electron chi connectivity index (χ4n) is 1.05. The van der Waals surface area contributed by atoms with Crippen LogP contribution in [0.3, 0.4) is 0 Å². The largest absolute Gasteiger partial charge is 0.465 e. The van der Waals surface area contributed by atoms with Gasteiger partial charge in [-0.05, 0) is 24.4 Å². The Kier molecular flexibility index (Phi) is 4.62. The van der Waals surface area contributed by atoms with E-state index >= 15 is 0 Å². The number of aromatic nitrogens is 1. The highest BCUT2D eigenvalue weighted by Gasteiger charge is 2.06. The number of rotatable bonds is 3. The summed E-state index contributed by atoms with van der Waals surface area (Å²) < 4.78 is 4.60. The molecule has 0 saturated heterocycles. The van der Waals surface area contributed by atoms with Gasteiger partial charge in [0.1, 0.15) is 0 Å². The third-order valence-corrected chi connectivity index (χ3v) is 2.12. The Morgan fingerprint density at radius 3 is 3.06 bits per heavy atom. The van der Waals surface area contributed by atoms with Crippen molar-refractivity contribution in [2.24, 2.45) is 0 Å². The van der Waals surface area contributed by atoms with E-state index in [1.807, 2.05) is 0 Å². The lowest BCUT2D eigenvalue weighted by molar-refractivity contribution is -0.419. The van der Waals surface area contributed by atoms with Gasteiger partial charge in [-0.15, -0.1) is 0 Å². The lowest BCUT2D eigenvalue weighted by atomic mass is 10.2. The quantitative estimate of drug-likeness (QED) is 0.357. The van der Waals surface area contributed by atoms with Gasteiger partial charge in [0.25, 0.3) is 0 Å². The molecule has 0 amide bonds.